The second kappa shape index (κ2) is 6.86. The molecule has 0 aromatic carbocycles. The van der Waals surface area contributed by atoms with Crippen LogP contribution >= 0.6 is 0 Å². The van der Waals surface area contributed by atoms with Gasteiger partial charge in [0.2, 0.25) is 0 Å². The first-order valence-corrected chi connectivity index (χ1v) is 4.22. The summed E-state index contributed by atoms with van der Waals surface area (Å²) < 4.78 is 0. The van der Waals surface area contributed by atoms with Crippen LogP contribution in [0.3, 0.4) is 0 Å². The Morgan fingerprint density at radius 3 is 2.43 bits per heavy atom. The van der Waals surface area contributed by atoms with Gasteiger partial charge in [0.1, 0.15) is 0 Å². The van der Waals surface area contributed by atoms with E-state index >= 15 is 0 Å². The summed E-state index contributed by atoms with van der Waals surface area (Å²) in [6, 6.07) is 0. The largest absolute Gasteiger partial charge is 0.481 e. The van der Waals surface area contributed by atoms with Crippen LogP contribution < -0.4 is 5.73 Å². The third-order valence-electron chi connectivity index (χ3n) is 1.67. The Morgan fingerprint density at radius 1 is 1.43 bits per heavy atom. The van der Waals surface area contributed by atoms with E-state index in [2.05, 4.69) is 13.2 Å². The molecule has 0 saturated heterocycles. The van der Waals surface area contributed by atoms with Gasteiger partial charge in [-0.1, -0.05) is 43.5 Å². The molecule has 0 aliphatic heterocycles. The summed E-state index contributed by atoms with van der Waals surface area (Å²) in [6.45, 7) is 7.08. The molecule has 3 nitrogen and oxygen atoms in total. The molecule has 0 bridgehead atoms. The first kappa shape index (κ1) is 12.4. The molecule has 14 heavy (non-hydrogen) atoms. The predicted molar refractivity (Wildman–Crippen MR) is 57.8 cm³/mol. The highest BCUT2D eigenvalue weighted by molar-refractivity contribution is 5.75. The van der Waals surface area contributed by atoms with Crippen LogP contribution in [0.15, 0.2) is 49.1 Å². The lowest BCUT2D eigenvalue weighted by Crippen LogP contribution is -2.24. The molecule has 0 heterocycles. The summed E-state index contributed by atoms with van der Waals surface area (Å²) >= 11 is 0. The highest BCUT2D eigenvalue weighted by Crippen LogP contribution is 2.12. The van der Waals surface area contributed by atoms with Crippen LogP contribution in [0.2, 0.25) is 0 Å². The minimum atomic E-state index is -0.936. The Kier molecular flexibility index (Phi) is 6.07. The van der Waals surface area contributed by atoms with Gasteiger partial charge in [-0.25, -0.2) is 0 Å². The summed E-state index contributed by atoms with van der Waals surface area (Å²) in [6.07, 6.45) is 8.08. The lowest BCUT2D eigenvalue weighted by Gasteiger charge is -2.09. The van der Waals surface area contributed by atoms with Gasteiger partial charge in [-0.3, -0.25) is 4.79 Å². The molecular formula is C11H15NO2. The Bertz CT molecular complexity index is 277. The molecule has 0 aliphatic rings. The maximum absolute atomic E-state index is 10.8. The Hall–Kier alpha value is -1.61. The maximum Gasteiger partial charge on any atom is 0.312 e. The highest BCUT2D eigenvalue weighted by atomic mass is 16.4. The van der Waals surface area contributed by atoms with E-state index in [9.17, 15) is 4.79 Å². The smallest absolute Gasteiger partial charge is 0.312 e. The number of hydrogen-bond acceptors (Lipinski definition) is 2. The van der Waals surface area contributed by atoms with E-state index in [-0.39, 0.29) is 6.54 Å². The zero-order valence-corrected chi connectivity index (χ0v) is 8.02. The molecule has 0 fully saturated rings. The van der Waals surface area contributed by atoms with Crippen molar-refractivity contribution in [3.63, 3.8) is 0 Å². The first-order valence-electron chi connectivity index (χ1n) is 4.22. The van der Waals surface area contributed by atoms with Crippen LogP contribution in [0.5, 0.6) is 0 Å². The zero-order valence-electron chi connectivity index (χ0n) is 8.02. The van der Waals surface area contributed by atoms with Gasteiger partial charge in [0, 0.05) is 6.54 Å². The Labute approximate surface area is 83.9 Å². The number of carbonyl (C=O) groups is 1. The van der Waals surface area contributed by atoms with E-state index in [0.717, 1.165) is 0 Å². The molecule has 0 aromatic rings. The van der Waals surface area contributed by atoms with Crippen molar-refractivity contribution in [3.8, 4) is 0 Å². The summed E-state index contributed by atoms with van der Waals surface area (Å²) in [5.41, 5.74) is 5.98. The van der Waals surface area contributed by atoms with Crippen molar-refractivity contribution in [3.05, 3.63) is 49.1 Å². The van der Waals surface area contributed by atoms with Crippen LogP contribution in [-0.4, -0.2) is 17.6 Å². The van der Waals surface area contributed by atoms with Crippen molar-refractivity contribution in [1.82, 2.24) is 0 Å². The number of carboxylic acids is 1. The van der Waals surface area contributed by atoms with Crippen LogP contribution in [0.4, 0.5) is 0 Å². The molecule has 0 aromatic heterocycles. The fourth-order valence-corrected chi connectivity index (χ4v) is 0.983. The first-order chi connectivity index (χ1) is 6.67. The maximum atomic E-state index is 10.8. The number of allylic oxidation sites excluding steroid dienone is 5. The van der Waals surface area contributed by atoms with Gasteiger partial charge in [-0.05, 0) is 5.57 Å². The van der Waals surface area contributed by atoms with E-state index in [1.807, 2.05) is 0 Å². The standard InChI is InChI=1S/C11H15NO2/c1-3-5-7-9(6-4-2)10(8-12)11(13)14/h3-7,10H,1-2,8,12H2,(H,13,14)/b7-5-,9-6+. The van der Waals surface area contributed by atoms with Gasteiger partial charge in [-0.2, -0.15) is 0 Å². The van der Waals surface area contributed by atoms with Gasteiger partial charge in [-0.15, -0.1) is 0 Å². The van der Waals surface area contributed by atoms with E-state index in [1.165, 1.54) is 6.08 Å². The lowest BCUT2D eigenvalue weighted by molar-refractivity contribution is -0.139. The van der Waals surface area contributed by atoms with Gasteiger partial charge < -0.3 is 10.8 Å². The van der Waals surface area contributed by atoms with Gasteiger partial charge in [0.25, 0.3) is 0 Å². The van der Waals surface area contributed by atoms with Crippen LogP contribution in [-0.2, 0) is 4.79 Å². The van der Waals surface area contributed by atoms with Gasteiger partial charge >= 0.3 is 5.97 Å². The average Bonchev–Trinajstić information content (AvgIpc) is 2.14. The van der Waals surface area contributed by atoms with E-state index < -0.39 is 11.9 Å². The molecule has 0 rings (SSSR count). The molecule has 0 spiro atoms. The van der Waals surface area contributed by atoms with Gasteiger partial charge in [0.15, 0.2) is 0 Å². The molecule has 3 heteroatoms. The van der Waals surface area contributed by atoms with Crippen LogP contribution in [0, 0.1) is 5.92 Å². The highest BCUT2D eigenvalue weighted by Gasteiger charge is 2.17. The minimum Gasteiger partial charge on any atom is -0.481 e. The second-order valence-corrected chi connectivity index (χ2v) is 2.62. The van der Waals surface area contributed by atoms with Crippen molar-refractivity contribution >= 4 is 5.97 Å². The van der Waals surface area contributed by atoms with E-state index in [1.54, 1.807) is 24.3 Å². The Morgan fingerprint density at radius 2 is 2.07 bits per heavy atom. The van der Waals surface area contributed by atoms with Crippen molar-refractivity contribution in [1.29, 1.82) is 0 Å². The van der Waals surface area contributed by atoms with Crippen molar-refractivity contribution < 1.29 is 9.90 Å². The fourth-order valence-electron chi connectivity index (χ4n) is 0.983. The fraction of sp³-hybridized carbons (Fsp3) is 0.182. The number of rotatable bonds is 6. The van der Waals surface area contributed by atoms with Crippen molar-refractivity contribution in [2.75, 3.05) is 6.54 Å². The average molecular weight is 193 g/mol. The molecule has 0 radical (unpaired) electrons. The van der Waals surface area contributed by atoms with Crippen molar-refractivity contribution in [2.45, 2.75) is 0 Å². The number of nitrogens with two attached hydrogens (primary N) is 1. The summed E-state index contributed by atoms with van der Waals surface area (Å²) in [5, 5.41) is 8.85. The predicted octanol–water partition coefficient (Wildman–Crippen LogP) is 1.50. The molecule has 76 valence electrons. The van der Waals surface area contributed by atoms with Gasteiger partial charge in [0.05, 0.1) is 5.92 Å². The third-order valence-corrected chi connectivity index (χ3v) is 1.67. The van der Waals surface area contributed by atoms with Crippen molar-refractivity contribution in [2.24, 2.45) is 11.7 Å². The molecule has 3 N–H and O–H groups in total. The van der Waals surface area contributed by atoms with E-state index in [0.29, 0.717) is 5.57 Å². The molecular weight excluding hydrogens is 178 g/mol. The Balaban J connectivity index is 4.87. The monoisotopic (exact) mass is 193 g/mol. The quantitative estimate of drug-likeness (QED) is 0.628. The topological polar surface area (TPSA) is 63.3 Å². The van der Waals surface area contributed by atoms with E-state index in [4.69, 9.17) is 10.8 Å². The third kappa shape index (κ3) is 3.87. The normalized spacial score (nSPS) is 13.9. The minimum absolute atomic E-state index is 0.0660. The van der Waals surface area contributed by atoms with Crippen LogP contribution in [0.1, 0.15) is 0 Å². The summed E-state index contributed by atoms with van der Waals surface area (Å²) in [4.78, 5) is 10.8. The molecule has 1 atom stereocenters. The number of hydrogen-bond donors (Lipinski definition) is 2. The number of carboxylic acid groups (broad SMARTS) is 1. The molecule has 1 unspecified atom stereocenters. The summed E-state index contributed by atoms with van der Waals surface area (Å²) in [5.74, 6) is -1.63. The molecule has 0 aliphatic carbocycles. The number of aliphatic carboxylic acids is 1. The second-order valence-electron chi connectivity index (χ2n) is 2.62. The summed E-state index contributed by atoms with van der Waals surface area (Å²) in [7, 11) is 0. The lowest BCUT2D eigenvalue weighted by atomic mass is 9.98. The molecule has 0 saturated carbocycles. The van der Waals surface area contributed by atoms with Crippen LogP contribution in [0.25, 0.3) is 0 Å². The zero-order chi connectivity index (χ0) is 11.0. The molecule has 0 amide bonds. The SMILES string of the molecule is C=C/C=C\C(=C/C=C)C(CN)C(=O)O.